The quantitative estimate of drug-likeness (QED) is 0.689. The zero-order valence-corrected chi connectivity index (χ0v) is 8.42. The second-order valence-corrected chi connectivity index (χ2v) is 3.93. The largest absolute Gasteiger partial charge is 0.393 e. The number of hydrogen-bond acceptors (Lipinski definition) is 2. The van der Waals surface area contributed by atoms with Crippen LogP contribution in [0.3, 0.4) is 0 Å². The third kappa shape index (κ3) is 10.0. The molecule has 1 atom stereocenters. The van der Waals surface area contributed by atoms with Gasteiger partial charge in [-0.05, 0) is 31.3 Å². The maximum atomic E-state index is 11.7. The molecule has 0 aliphatic rings. The van der Waals surface area contributed by atoms with Crippen molar-refractivity contribution in [1.82, 2.24) is 0 Å². The van der Waals surface area contributed by atoms with Crippen molar-refractivity contribution in [3.05, 3.63) is 0 Å². The maximum absolute atomic E-state index is 11.7. The lowest BCUT2D eigenvalue weighted by Crippen LogP contribution is -2.14. The van der Waals surface area contributed by atoms with Crippen LogP contribution in [0, 0.1) is 0 Å². The molecule has 0 heterocycles. The molecule has 0 aromatic rings. The van der Waals surface area contributed by atoms with Crippen LogP contribution in [0.5, 0.6) is 0 Å². The first kappa shape index (κ1) is 13.1. The Labute approximate surface area is 80.7 Å². The number of aliphatic hydroxyl groups is 1. The summed E-state index contributed by atoms with van der Waals surface area (Å²) >= 11 is 1.63. The van der Waals surface area contributed by atoms with Gasteiger partial charge in [0.15, 0.2) is 0 Å². The number of halogens is 3. The van der Waals surface area contributed by atoms with Crippen LogP contribution in [0.15, 0.2) is 0 Å². The zero-order valence-electron chi connectivity index (χ0n) is 7.60. The van der Waals surface area contributed by atoms with Crippen LogP contribution >= 0.6 is 11.8 Å². The Bertz CT molecular complexity index is 127. The van der Waals surface area contributed by atoms with Crippen molar-refractivity contribution >= 4 is 11.8 Å². The first-order chi connectivity index (χ1) is 5.95. The van der Waals surface area contributed by atoms with E-state index in [1.54, 1.807) is 11.8 Å². The molecule has 0 saturated heterocycles. The average molecular weight is 216 g/mol. The predicted octanol–water partition coefficient (Wildman–Crippen LogP) is 2.83. The van der Waals surface area contributed by atoms with Crippen LogP contribution in [-0.4, -0.2) is 29.4 Å². The molecule has 0 aliphatic carbocycles. The topological polar surface area (TPSA) is 20.2 Å². The van der Waals surface area contributed by atoms with E-state index >= 15 is 0 Å². The van der Waals surface area contributed by atoms with E-state index in [1.165, 1.54) is 0 Å². The molecule has 0 aromatic carbocycles. The molecule has 0 fully saturated rings. The standard InChI is InChI=1S/C8H15F3OS/c1-13-6-2-3-7(12)4-5-8(9,10)11/h7,12H,2-6H2,1H3. The highest BCUT2D eigenvalue weighted by Gasteiger charge is 2.27. The lowest BCUT2D eigenvalue weighted by Gasteiger charge is -2.11. The minimum absolute atomic E-state index is 0.169. The van der Waals surface area contributed by atoms with Crippen LogP contribution < -0.4 is 0 Å². The number of hydrogen-bond donors (Lipinski definition) is 1. The number of aliphatic hydroxyl groups excluding tert-OH is 1. The highest BCUT2D eigenvalue weighted by atomic mass is 32.2. The van der Waals surface area contributed by atoms with Crippen molar-refractivity contribution < 1.29 is 18.3 Å². The molecule has 0 aliphatic heterocycles. The summed E-state index contributed by atoms with van der Waals surface area (Å²) < 4.78 is 35.1. The molecule has 80 valence electrons. The third-order valence-corrected chi connectivity index (χ3v) is 2.34. The summed E-state index contributed by atoms with van der Waals surface area (Å²) in [6.45, 7) is 0. The van der Waals surface area contributed by atoms with Gasteiger partial charge in [-0.15, -0.1) is 0 Å². The van der Waals surface area contributed by atoms with Crippen molar-refractivity contribution in [2.45, 2.75) is 38.0 Å². The van der Waals surface area contributed by atoms with Crippen molar-refractivity contribution in [2.75, 3.05) is 12.0 Å². The summed E-state index contributed by atoms with van der Waals surface area (Å²) in [4.78, 5) is 0. The normalized spacial score (nSPS) is 14.5. The molecule has 1 unspecified atom stereocenters. The molecular formula is C8H15F3OS. The van der Waals surface area contributed by atoms with E-state index in [9.17, 15) is 13.2 Å². The van der Waals surface area contributed by atoms with E-state index in [-0.39, 0.29) is 6.42 Å². The van der Waals surface area contributed by atoms with Gasteiger partial charge in [0.05, 0.1) is 6.10 Å². The van der Waals surface area contributed by atoms with Gasteiger partial charge in [-0.3, -0.25) is 0 Å². The SMILES string of the molecule is CSCCCC(O)CCC(F)(F)F. The second kappa shape index (κ2) is 6.54. The molecule has 0 saturated carbocycles. The Balaban J connectivity index is 3.35. The molecule has 1 nitrogen and oxygen atoms in total. The van der Waals surface area contributed by atoms with E-state index in [4.69, 9.17) is 5.11 Å². The van der Waals surface area contributed by atoms with Gasteiger partial charge < -0.3 is 5.11 Å². The van der Waals surface area contributed by atoms with E-state index in [0.29, 0.717) is 6.42 Å². The highest BCUT2D eigenvalue weighted by molar-refractivity contribution is 7.98. The lowest BCUT2D eigenvalue weighted by molar-refractivity contribution is -0.140. The molecule has 5 heteroatoms. The van der Waals surface area contributed by atoms with Crippen molar-refractivity contribution in [3.63, 3.8) is 0 Å². The van der Waals surface area contributed by atoms with Gasteiger partial charge in [-0.1, -0.05) is 0 Å². The molecule has 0 radical (unpaired) electrons. The molecule has 0 bridgehead atoms. The first-order valence-corrected chi connectivity index (χ1v) is 5.59. The van der Waals surface area contributed by atoms with Crippen molar-refractivity contribution in [2.24, 2.45) is 0 Å². The maximum Gasteiger partial charge on any atom is 0.389 e. The molecule has 13 heavy (non-hydrogen) atoms. The Kier molecular flexibility index (Phi) is 6.59. The van der Waals surface area contributed by atoms with Gasteiger partial charge in [0, 0.05) is 6.42 Å². The van der Waals surface area contributed by atoms with E-state index < -0.39 is 18.7 Å². The molecule has 1 N–H and O–H groups in total. The fourth-order valence-corrected chi connectivity index (χ4v) is 1.39. The molecule has 0 amide bonds. The monoisotopic (exact) mass is 216 g/mol. The summed E-state index contributed by atoms with van der Waals surface area (Å²) in [5.41, 5.74) is 0. The van der Waals surface area contributed by atoms with Gasteiger partial charge in [-0.2, -0.15) is 24.9 Å². The number of thioether (sulfide) groups is 1. The van der Waals surface area contributed by atoms with E-state index in [2.05, 4.69) is 0 Å². The Morgan fingerprint density at radius 1 is 1.31 bits per heavy atom. The van der Waals surface area contributed by atoms with Crippen LogP contribution in [0.1, 0.15) is 25.7 Å². The van der Waals surface area contributed by atoms with Gasteiger partial charge in [0.2, 0.25) is 0 Å². The Morgan fingerprint density at radius 3 is 2.38 bits per heavy atom. The number of rotatable bonds is 6. The van der Waals surface area contributed by atoms with Gasteiger partial charge >= 0.3 is 6.18 Å². The van der Waals surface area contributed by atoms with Crippen LogP contribution in [-0.2, 0) is 0 Å². The van der Waals surface area contributed by atoms with Crippen molar-refractivity contribution in [1.29, 1.82) is 0 Å². The Morgan fingerprint density at radius 2 is 1.92 bits per heavy atom. The number of alkyl halides is 3. The third-order valence-electron chi connectivity index (χ3n) is 1.65. The van der Waals surface area contributed by atoms with Gasteiger partial charge in [0.25, 0.3) is 0 Å². The minimum atomic E-state index is -4.14. The summed E-state index contributed by atoms with van der Waals surface area (Å²) in [6, 6.07) is 0. The van der Waals surface area contributed by atoms with Crippen LogP contribution in [0.4, 0.5) is 13.2 Å². The molecule has 0 rings (SSSR count). The summed E-state index contributed by atoms with van der Waals surface area (Å²) in [5, 5.41) is 9.13. The van der Waals surface area contributed by atoms with Gasteiger partial charge in [0.1, 0.15) is 0 Å². The van der Waals surface area contributed by atoms with Crippen LogP contribution in [0.25, 0.3) is 0 Å². The molecule has 0 aromatic heterocycles. The van der Waals surface area contributed by atoms with Crippen molar-refractivity contribution in [3.8, 4) is 0 Å². The summed E-state index contributed by atoms with van der Waals surface area (Å²) in [7, 11) is 0. The fourth-order valence-electron chi connectivity index (χ4n) is 0.938. The smallest absolute Gasteiger partial charge is 0.389 e. The predicted molar refractivity (Wildman–Crippen MR) is 48.9 cm³/mol. The highest BCUT2D eigenvalue weighted by Crippen LogP contribution is 2.23. The van der Waals surface area contributed by atoms with E-state index in [1.807, 2.05) is 6.26 Å². The zero-order chi connectivity index (χ0) is 10.3. The van der Waals surface area contributed by atoms with E-state index in [0.717, 1.165) is 12.2 Å². The Hall–Kier alpha value is 0.100. The first-order valence-electron chi connectivity index (χ1n) is 4.19. The average Bonchev–Trinajstić information content (AvgIpc) is 2.00. The summed E-state index contributed by atoms with van der Waals surface area (Å²) in [6.07, 6.45) is -2.81. The fraction of sp³-hybridized carbons (Fsp3) is 1.00. The second-order valence-electron chi connectivity index (χ2n) is 2.94. The minimum Gasteiger partial charge on any atom is -0.393 e. The van der Waals surface area contributed by atoms with Crippen LogP contribution in [0.2, 0.25) is 0 Å². The lowest BCUT2D eigenvalue weighted by atomic mass is 10.1. The molecular weight excluding hydrogens is 201 g/mol. The summed E-state index contributed by atoms with van der Waals surface area (Å²) in [5.74, 6) is 0.892. The molecule has 0 spiro atoms. The van der Waals surface area contributed by atoms with Gasteiger partial charge in [-0.25, -0.2) is 0 Å².